The monoisotopic (exact) mass is 512 g/mol. The summed E-state index contributed by atoms with van der Waals surface area (Å²) in [5, 5.41) is 3.80. The van der Waals surface area contributed by atoms with Crippen LogP contribution in [-0.4, -0.2) is 31.1 Å². The van der Waals surface area contributed by atoms with Crippen molar-refractivity contribution in [2.75, 3.05) is 19.5 Å². The van der Waals surface area contributed by atoms with Gasteiger partial charge >= 0.3 is 6.36 Å². The lowest BCUT2D eigenvalue weighted by atomic mass is 10.1. The fourth-order valence-corrected chi connectivity index (χ4v) is 3.93. The molecule has 0 radical (unpaired) electrons. The maximum absolute atomic E-state index is 13.1. The molecule has 0 atom stereocenters. The molecule has 0 aliphatic rings. The Balaban J connectivity index is 1.53. The van der Waals surface area contributed by atoms with Gasteiger partial charge in [-0.3, -0.25) is 9.59 Å². The third-order valence-corrected chi connectivity index (χ3v) is 5.64. The standard InChI is InChI=1S/C27H23F3N2O5/c1-35-20-10-11-24(36-2)18(14-20)15-25(33)31-23-5-3-4-22-21(23)12-13-32(26(22)34)16-17-6-8-19(9-7-17)37-27(28,29)30/h3-14H,15-16H2,1-2H3,(H,31,33). The van der Waals surface area contributed by atoms with Crippen LogP contribution < -0.4 is 25.1 Å². The SMILES string of the molecule is COc1ccc(OC)c(CC(=O)Nc2cccc3c(=O)n(Cc4ccc(OC(F)(F)F)cc4)ccc23)c1. The van der Waals surface area contributed by atoms with Crippen molar-refractivity contribution in [3.8, 4) is 17.2 Å². The van der Waals surface area contributed by atoms with E-state index in [4.69, 9.17) is 9.47 Å². The molecule has 0 unspecified atom stereocenters. The average Bonchev–Trinajstić information content (AvgIpc) is 2.86. The zero-order chi connectivity index (χ0) is 26.6. The molecule has 192 valence electrons. The second-order valence-electron chi connectivity index (χ2n) is 8.11. The number of hydrogen-bond acceptors (Lipinski definition) is 5. The highest BCUT2D eigenvalue weighted by Gasteiger charge is 2.30. The molecule has 1 aromatic heterocycles. The van der Waals surface area contributed by atoms with Gasteiger partial charge in [0.2, 0.25) is 5.91 Å². The highest BCUT2D eigenvalue weighted by molar-refractivity contribution is 6.02. The van der Waals surface area contributed by atoms with Crippen molar-refractivity contribution in [1.29, 1.82) is 0 Å². The molecule has 0 aliphatic heterocycles. The summed E-state index contributed by atoms with van der Waals surface area (Å²) >= 11 is 0. The van der Waals surface area contributed by atoms with Gasteiger partial charge in [0.25, 0.3) is 5.56 Å². The molecule has 0 bridgehead atoms. The van der Waals surface area contributed by atoms with Crippen molar-refractivity contribution in [1.82, 2.24) is 4.57 Å². The van der Waals surface area contributed by atoms with Crippen LogP contribution in [0.1, 0.15) is 11.1 Å². The maximum Gasteiger partial charge on any atom is 0.573 e. The van der Waals surface area contributed by atoms with Crippen molar-refractivity contribution < 1.29 is 32.2 Å². The number of methoxy groups -OCH3 is 2. The second-order valence-corrected chi connectivity index (χ2v) is 8.11. The van der Waals surface area contributed by atoms with E-state index in [9.17, 15) is 22.8 Å². The molecule has 0 aliphatic carbocycles. The topological polar surface area (TPSA) is 78.8 Å². The minimum atomic E-state index is -4.77. The van der Waals surface area contributed by atoms with Gasteiger partial charge in [-0.15, -0.1) is 13.2 Å². The Kier molecular flexibility index (Phi) is 7.37. The smallest absolute Gasteiger partial charge is 0.497 e. The summed E-state index contributed by atoms with van der Waals surface area (Å²) in [4.78, 5) is 25.9. The van der Waals surface area contributed by atoms with Crippen LogP contribution >= 0.6 is 0 Å². The van der Waals surface area contributed by atoms with Crippen molar-refractivity contribution in [3.63, 3.8) is 0 Å². The Labute approximate surface area is 210 Å². The zero-order valence-electron chi connectivity index (χ0n) is 20.0. The Morgan fingerprint density at radius 1 is 0.919 bits per heavy atom. The van der Waals surface area contributed by atoms with E-state index in [1.54, 1.807) is 48.7 Å². The van der Waals surface area contributed by atoms with Gasteiger partial charge < -0.3 is 24.1 Å². The second kappa shape index (κ2) is 10.7. The number of carbonyl (C=O) groups excluding carboxylic acids is 1. The van der Waals surface area contributed by atoms with E-state index >= 15 is 0 Å². The van der Waals surface area contributed by atoms with Crippen molar-refractivity contribution in [3.05, 3.63) is 94.4 Å². The molecule has 4 aromatic rings. The van der Waals surface area contributed by atoms with Crippen LogP contribution in [0.3, 0.4) is 0 Å². The van der Waals surface area contributed by atoms with Gasteiger partial charge in [-0.1, -0.05) is 18.2 Å². The normalized spacial score (nSPS) is 11.3. The van der Waals surface area contributed by atoms with E-state index in [0.717, 1.165) is 0 Å². The molecule has 0 fully saturated rings. The van der Waals surface area contributed by atoms with E-state index < -0.39 is 6.36 Å². The lowest BCUT2D eigenvalue weighted by Gasteiger charge is -2.13. The lowest BCUT2D eigenvalue weighted by molar-refractivity contribution is -0.274. The van der Waals surface area contributed by atoms with Crippen molar-refractivity contribution in [2.24, 2.45) is 0 Å². The van der Waals surface area contributed by atoms with E-state index in [1.165, 1.54) is 43.1 Å². The molecule has 7 nitrogen and oxygen atoms in total. The summed E-state index contributed by atoms with van der Waals surface area (Å²) in [5.41, 5.74) is 1.43. The summed E-state index contributed by atoms with van der Waals surface area (Å²) in [6, 6.07) is 17.2. The molecule has 0 saturated carbocycles. The number of hydrogen-bond donors (Lipinski definition) is 1. The number of benzene rings is 3. The first kappa shape index (κ1) is 25.6. The molecule has 1 heterocycles. The average molecular weight is 512 g/mol. The summed E-state index contributed by atoms with van der Waals surface area (Å²) in [5.74, 6) is 0.505. The minimum Gasteiger partial charge on any atom is -0.497 e. The van der Waals surface area contributed by atoms with E-state index in [-0.39, 0.29) is 30.2 Å². The first-order chi connectivity index (χ1) is 17.7. The molecule has 1 N–H and O–H groups in total. The first-order valence-corrected chi connectivity index (χ1v) is 11.1. The van der Waals surface area contributed by atoms with Gasteiger partial charge in [0.05, 0.1) is 27.2 Å². The van der Waals surface area contributed by atoms with Gasteiger partial charge in [0.1, 0.15) is 17.2 Å². The van der Waals surface area contributed by atoms with Crippen LogP contribution in [0.15, 0.2) is 77.7 Å². The number of ether oxygens (including phenoxy) is 3. The molecule has 37 heavy (non-hydrogen) atoms. The fraction of sp³-hybridized carbons (Fsp3) is 0.185. The highest BCUT2D eigenvalue weighted by Crippen LogP contribution is 2.26. The predicted octanol–water partition coefficient (Wildman–Crippen LogP) is 5.15. The largest absolute Gasteiger partial charge is 0.573 e. The van der Waals surface area contributed by atoms with E-state index in [2.05, 4.69) is 10.1 Å². The molecule has 1 amide bonds. The van der Waals surface area contributed by atoms with Gasteiger partial charge in [-0.05, 0) is 54.1 Å². The van der Waals surface area contributed by atoms with Gasteiger partial charge in [-0.25, -0.2) is 0 Å². The van der Waals surface area contributed by atoms with Crippen LogP contribution in [-0.2, 0) is 17.8 Å². The number of amides is 1. The van der Waals surface area contributed by atoms with Gasteiger partial charge in [0, 0.05) is 28.2 Å². The Bertz CT molecular complexity index is 1480. The zero-order valence-corrected chi connectivity index (χ0v) is 20.0. The van der Waals surface area contributed by atoms with Crippen LogP contribution in [0.4, 0.5) is 18.9 Å². The number of pyridine rings is 1. The Morgan fingerprint density at radius 2 is 1.65 bits per heavy atom. The molecule has 0 saturated heterocycles. The van der Waals surface area contributed by atoms with Crippen LogP contribution in [0.5, 0.6) is 17.2 Å². The summed E-state index contributed by atoms with van der Waals surface area (Å²) in [6.45, 7) is 0.146. The van der Waals surface area contributed by atoms with E-state index in [1.807, 2.05) is 0 Å². The first-order valence-electron chi connectivity index (χ1n) is 11.1. The molecule has 0 spiro atoms. The number of alkyl halides is 3. The highest BCUT2D eigenvalue weighted by atomic mass is 19.4. The number of fused-ring (bicyclic) bond motifs is 1. The number of anilines is 1. The number of halogens is 3. The number of rotatable bonds is 8. The third-order valence-electron chi connectivity index (χ3n) is 5.64. The molecule has 10 heteroatoms. The summed E-state index contributed by atoms with van der Waals surface area (Å²) < 4.78 is 53.0. The predicted molar refractivity (Wildman–Crippen MR) is 132 cm³/mol. The quantitative estimate of drug-likeness (QED) is 0.354. The molecule has 4 rings (SSSR count). The van der Waals surface area contributed by atoms with Crippen LogP contribution in [0, 0.1) is 0 Å². The lowest BCUT2D eigenvalue weighted by Crippen LogP contribution is -2.21. The number of carbonyl (C=O) groups is 1. The number of nitrogens with one attached hydrogen (secondary N) is 1. The van der Waals surface area contributed by atoms with Gasteiger partial charge in [0.15, 0.2) is 0 Å². The van der Waals surface area contributed by atoms with Crippen molar-refractivity contribution >= 4 is 22.4 Å². The van der Waals surface area contributed by atoms with E-state index in [0.29, 0.717) is 39.1 Å². The molecule has 3 aromatic carbocycles. The number of nitrogens with zero attached hydrogens (tertiary/aromatic N) is 1. The van der Waals surface area contributed by atoms with Crippen LogP contribution in [0.25, 0.3) is 10.8 Å². The fourth-order valence-electron chi connectivity index (χ4n) is 3.93. The molecular formula is C27H23F3N2O5. The summed E-state index contributed by atoms with van der Waals surface area (Å²) in [7, 11) is 3.05. The third kappa shape index (κ3) is 6.21. The minimum absolute atomic E-state index is 0.0296. The van der Waals surface area contributed by atoms with Crippen LogP contribution in [0.2, 0.25) is 0 Å². The Morgan fingerprint density at radius 3 is 2.32 bits per heavy atom. The maximum atomic E-state index is 13.1. The van der Waals surface area contributed by atoms with Crippen molar-refractivity contribution in [2.45, 2.75) is 19.3 Å². The Hall–Kier alpha value is -4.47. The molecular weight excluding hydrogens is 489 g/mol. The summed E-state index contributed by atoms with van der Waals surface area (Å²) in [6.07, 6.45) is -3.17. The van der Waals surface area contributed by atoms with Gasteiger partial charge in [-0.2, -0.15) is 0 Å². The number of aromatic nitrogens is 1.